The molecule has 31 heavy (non-hydrogen) atoms. The Hall–Kier alpha value is -2.51. The minimum absolute atomic E-state index is 0.0621. The second-order valence-corrected chi connectivity index (χ2v) is 10.1. The first-order valence-electron chi connectivity index (χ1n) is 10.6. The number of ether oxygens (including phenoxy) is 2. The first-order valence-corrected chi connectivity index (χ1v) is 11.5. The molecule has 0 amide bonds. The molecule has 162 valence electrons. The molecule has 0 spiro atoms. The van der Waals surface area contributed by atoms with Gasteiger partial charge in [0.05, 0.1) is 34.6 Å². The van der Waals surface area contributed by atoms with Crippen molar-refractivity contribution >= 4 is 33.4 Å². The molecule has 1 N–H and O–H groups in total. The monoisotopic (exact) mass is 437 g/mol. The summed E-state index contributed by atoms with van der Waals surface area (Å²) < 4.78 is 13.5. The number of benzene rings is 2. The van der Waals surface area contributed by atoms with Gasteiger partial charge in [0.1, 0.15) is 5.75 Å². The number of fused-ring (bicyclic) bond motifs is 2. The van der Waals surface area contributed by atoms with E-state index in [4.69, 9.17) is 14.5 Å². The van der Waals surface area contributed by atoms with Crippen molar-refractivity contribution in [2.75, 3.05) is 13.7 Å². The van der Waals surface area contributed by atoms with E-state index < -0.39 is 0 Å². The van der Waals surface area contributed by atoms with E-state index in [1.165, 1.54) is 0 Å². The Labute approximate surface area is 185 Å². The topological polar surface area (TPSA) is 68.6 Å². The molecule has 5 rings (SSSR count). The predicted octanol–water partition coefficient (Wildman–Crippen LogP) is 5.35. The first kappa shape index (κ1) is 20.4. The fraction of sp³-hybridized carbons (Fsp3) is 0.417. The van der Waals surface area contributed by atoms with Gasteiger partial charge in [-0.05, 0) is 50.6 Å². The Morgan fingerprint density at radius 3 is 2.74 bits per heavy atom. The molecule has 0 aliphatic carbocycles. The number of thioether (sulfide) groups is 1. The van der Waals surface area contributed by atoms with Gasteiger partial charge in [-0.3, -0.25) is 14.6 Å². The van der Waals surface area contributed by atoms with Crippen LogP contribution in [0.5, 0.6) is 5.75 Å². The van der Waals surface area contributed by atoms with Gasteiger partial charge in [-0.25, -0.2) is 4.99 Å². The highest BCUT2D eigenvalue weighted by Gasteiger charge is 2.36. The molecule has 0 saturated carbocycles. The van der Waals surface area contributed by atoms with Crippen molar-refractivity contribution in [2.24, 2.45) is 4.99 Å². The Kier molecular flexibility index (Phi) is 4.98. The lowest BCUT2D eigenvalue weighted by atomic mass is 9.94. The van der Waals surface area contributed by atoms with Crippen LogP contribution in [0, 0.1) is 0 Å². The smallest absolute Gasteiger partial charge is 0.271 e. The average molecular weight is 438 g/mol. The summed E-state index contributed by atoms with van der Waals surface area (Å²) in [6, 6.07) is 12.4. The van der Waals surface area contributed by atoms with E-state index in [-0.39, 0.29) is 22.5 Å². The molecule has 3 heterocycles. The summed E-state index contributed by atoms with van der Waals surface area (Å²) in [4.78, 5) is 18.0. The minimum atomic E-state index is -0.218. The fourth-order valence-corrected chi connectivity index (χ4v) is 5.96. The van der Waals surface area contributed by atoms with E-state index >= 15 is 0 Å². The van der Waals surface area contributed by atoms with Crippen LogP contribution in [0.1, 0.15) is 56.0 Å². The summed E-state index contributed by atoms with van der Waals surface area (Å²) >= 11 is 1.64. The summed E-state index contributed by atoms with van der Waals surface area (Å²) in [5.74, 6) is 1.59. The number of nitrogens with one attached hydrogen (secondary N) is 1. The van der Waals surface area contributed by atoms with Gasteiger partial charge in [0, 0.05) is 12.0 Å². The predicted molar refractivity (Wildman–Crippen MR) is 126 cm³/mol. The maximum Gasteiger partial charge on any atom is 0.271 e. The second-order valence-electron chi connectivity index (χ2n) is 8.83. The molecular formula is C24H27N3O3S. The molecule has 2 aromatic carbocycles. The summed E-state index contributed by atoms with van der Waals surface area (Å²) in [7, 11) is 1.69. The number of hydrogen-bond acceptors (Lipinski definition) is 5. The van der Waals surface area contributed by atoms with Crippen molar-refractivity contribution in [3.63, 3.8) is 0 Å². The summed E-state index contributed by atoms with van der Waals surface area (Å²) in [6.45, 7) is 6.90. The first-order chi connectivity index (χ1) is 14.9. The van der Waals surface area contributed by atoms with Crippen LogP contribution in [0.25, 0.3) is 10.8 Å². The van der Waals surface area contributed by atoms with E-state index in [1.807, 2.05) is 29.8 Å². The van der Waals surface area contributed by atoms with Crippen LogP contribution in [0.2, 0.25) is 0 Å². The maximum atomic E-state index is 13.2. The summed E-state index contributed by atoms with van der Waals surface area (Å²) in [6.07, 6.45) is 1.69. The molecule has 0 bridgehead atoms. The van der Waals surface area contributed by atoms with E-state index in [2.05, 4.69) is 37.1 Å². The molecule has 0 radical (unpaired) electrons. The molecule has 2 aliphatic rings. The van der Waals surface area contributed by atoms with Crippen molar-refractivity contribution in [1.82, 2.24) is 9.78 Å². The van der Waals surface area contributed by atoms with Crippen LogP contribution in [-0.2, 0) is 4.74 Å². The van der Waals surface area contributed by atoms with E-state index in [0.717, 1.165) is 51.4 Å². The number of H-pyrrole nitrogens is 1. The zero-order valence-electron chi connectivity index (χ0n) is 18.3. The van der Waals surface area contributed by atoms with Gasteiger partial charge in [0.2, 0.25) is 0 Å². The number of methoxy groups -OCH3 is 1. The van der Waals surface area contributed by atoms with Crippen molar-refractivity contribution in [1.29, 1.82) is 0 Å². The van der Waals surface area contributed by atoms with Crippen LogP contribution >= 0.6 is 11.8 Å². The third kappa shape index (κ3) is 3.49. The lowest BCUT2D eigenvalue weighted by molar-refractivity contribution is -0.0705. The average Bonchev–Trinajstić information content (AvgIpc) is 3.08. The van der Waals surface area contributed by atoms with E-state index in [1.54, 1.807) is 18.9 Å². The molecule has 1 saturated heterocycles. The van der Waals surface area contributed by atoms with Crippen molar-refractivity contribution in [2.45, 2.75) is 50.5 Å². The molecular weight excluding hydrogens is 410 g/mol. The molecule has 1 fully saturated rings. The Morgan fingerprint density at radius 2 is 2.00 bits per heavy atom. The third-order valence-electron chi connectivity index (χ3n) is 6.21. The molecule has 0 unspecified atom stereocenters. The zero-order chi connectivity index (χ0) is 21.8. The highest BCUT2D eigenvalue weighted by atomic mass is 32.2. The highest BCUT2D eigenvalue weighted by molar-refractivity contribution is 8.14. The largest absolute Gasteiger partial charge is 0.496 e. The SMILES string of the molecule is COc1ccc([C@H]2SC(C)=Nc3c2c(=O)[nH]n3[C@H]2CCOC(C)(C)C2)c2ccccc12. The molecule has 1 aromatic heterocycles. The van der Waals surface area contributed by atoms with Gasteiger partial charge in [0.25, 0.3) is 5.56 Å². The summed E-state index contributed by atoms with van der Waals surface area (Å²) in [5.41, 5.74) is 1.56. The van der Waals surface area contributed by atoms with Crippen LogP contribution in [0.4, 0.5) is 5.82 Å². The van der Waals surface area contributed by atoms with Gasteiger partial charge in [0.15, 0.2) is 5.82 Å². The third-order valence-corrected chi connectivity index (χ3v) is 7.36. The van der Waals surface area contributed by atoms with Gasteiger partial charge < -0.3 is 9.47 Å². The van der Waals surface area contributed by atoms with Crippen LogP contribution < -0.4 is 10.3 Å². The van der Waals surface area contributed by atoms with Crippen LogP contribution in [0.3, 0.4) is 0 Å². The fourth-order valence-electron chi connectivity index (χ4n) is 4.81. The molecule has 2 aliphatic heterocycles. The Morgan fingerprint density at radius 1 is 1.23 bits per heavy atom. The van der Waals surface area contributed by atoms with Gasteiger partial charge in [-0.15, -0.1) is 0 Å². The number of aromatic nitrogens is 2. The quantitative estimate of drug-likeness (QED) is 0.599. The van der Waals surface area contributed by atoms with Crippen molar-refractivity contribution < 1.29 is 9.47 Å². The van der Waals surface area contributed by atoms with Gasteiger partial charge >= 0.3 is 0 Å². The molecule has 2 atom stereocenters. The molecule has 6 nitrogen and oxygen atoms in total. The molecule has 3 aromatic rings. The number of rotatable bonds is 3. The zero-order valence-corrected chi connectivity index (χ0v) is 19.1. The standard InChI is InChI=1S/C24H27N3O3S/c1-14-25-22-20(23(28)26-27(22)15-11-12-30-24(2,3)13-15)21(31-14)18-9-10-19(29-4)17-8-6-5-7-16(17)18/h5-10,15,21H,11-13H2,1-4H3,(H,26,28)/t15-,21+/m0/s1. The normalized spacial score (nSPS) is 22.8. The van der Waals surface area contributed by atoms with Crippen LogP contribution in [-0.4, -0.2) is 34.1 Å². The minimum Gasteiger partial charge on any atom is -0.496 e. The lowest BCUT2D eigenvalue weighted by Crippen LogP contribution is -2.35. The summed E-state index contributed by atoms with van der Waals surface area (Å²) in [5, 5.41) is 6.09. The number of aliphatic imine (C=N–C) groups is 1. The van der Waals surface area contributed by atoms with Crippen molar-refractivity contribution in [3.05, 3.63) is 57.9 Å². The second kappa shape index (κ2) is 7.57. The Balaban J connectivity index is 1.66. The van der Waals surface area contributed by atoms with E-state index in [0.29, 0.717) is 6.61 Å². The maximum absolute atomic E-state index is 13.2. The number of aromatic amines is 1. The highest BCUT2D eigenvalue weighted by Crippen LogP contribution is 2.47. The number of hydrogen-bond donors (Lipinski definition) is 1. The lowest BCUT2D eigenvalue weighted by Gasteiger charge is -2.36. The van der Waals surface area contributed by atoms with Crippen molar-refractivity contribution in [3.8, 4) is 5.75 Å². The van der Waals surface area contributed by atoms with Gasteiger partial charge in [-0.1, -0.05) is 42.1 Å². The molecule has 7 heteroatoms. The van der Waals surface area contributed by atoms with E-state index in [9.17, 15) is 4.79 Å². The number of nitrogens with zero attached hydrogens (tertiary/aromatic N) is 2. The van der Waals surface area contributed by atoms with Crippen LogP contribution in [0.15, 0.2) is 46.2 Å². The Bertz CT molecular complexity index is 1240. The van der Waals surface area contributed by atoms with Gasteiger partial charge in [-0.2, -0.15) is 0 Å².